The molecule has 3 rings (SSSR count). The van der Waals surface area contributed by atoms with Gasteiger partial charge in [-0.1, -0.05) is 42.5 Å². The Bertz CT molecular complexity index is 693. The summed E-state index contributed by atoms with van der Waals surface area (Å²) in [4.78, 5) is 4.87. The molecule has 1 atom stereocenters. The van der Waals surface area contributed by atoms with Crippen LogP contribution in [-0.4, -0.2) is 5.71 Å². The SMILES string of the molecule is C[C@H](N=C1CCc2c(C#N)cccc21)c1ccccc1. The van der Waals surface area contributed by atoms with Crippen molar-refractivity contribution < 1.29 is 0 Å². The monoisotopic (exact) mass is 260 g/mol. The highest BCUT2D eigenvalue weighted by atomic mass is 14.8. The van der Waals surface area contributed by atoms with Crippen molar-refractivity contribution in [2.75, 3.05) is 0 Å². The van der Waals surface area contributed by atoms with Gasteiger partial charge >= 0.3 is 0 Å². The Morgan fingerprint density at radius 3 is 2.60 bits per heavy atom. The molecule has 0 heterocycles. The molecule has 98 valence electrons. The van der Waals surface area contributed by atoms with E-state index in [0.717, 1.165) is 35.2 Å². The van der Waals surface area contributed by atoms with Crippen molar-refractivity contribution >= 4 is 5.71 Å². The zero-order valence-electron chi connectivity index (χ0n) is 11.5. The highest BCUT2D eigenvalue weighted by Crippen LogP contribution is 2.28. The largest absolute Gasteiger partial charge is 0.281 e. The summed E-state index contributed by atoms with van der Waals surface area (Å²) in [5, 5.41) is 9.16. The second kappa shape index (κ2) is 5.30. The highest BCUT2D eigenvalue weighted by molar-refractivity contribution is 6.05. The van der Waals surface area contributed by atoms with Gasteiger partial charge in [-0.3, -0.25) is 4.99 Å². The molecule has 0 saturated carbocycles. The van der Waals surface area contributed by atoms with Crippen LogP contribution >= 0.6 is 0 Å². The van der Waals surface area contributed by atoms with Crippen molar-refractivity contribution in [2.24, 2.45) is 4.99 Å². The fraction of sp³-hybridized carbons (Fsp3) is 0.222. The fourth-order valence-electron chi connectivity index (χ4n) is 2.78. The van der Waals surface area contributed by atoms with E-state index in [9.17, 15) is 0 Å². The van der Waals surface area contributed by atoms with Crippen molar-refractivity contribution in [1.82, 2.24) is 0 Å². The second-order valence-electron chi connectivity index (χ2n) is 5.11. The van der Waals surface area contributed by atoms with Gasteiger partial charge in [0, 0.05) is 11.3 Å². The summed E-state index contributed by atoms with van der Waals surface area (Å²) >= 11 is 0. The molecule has 2 heteroatoms. The lowest BCUT2D eigenvalue weighted by atomic mass is 10.0. The molecule has 20 heavy (non-hydrogen) atoms. The molecule has 0 spiro atoms. The van der Waals surface area contributed by atoms with Gasteiger partial charge in [-0.2, -0.15) is 5.26 Å². The third kappa shape index (κ3) is 2.23. The zero-order valence-corrected chi connectivity index (χ0v) is 11.5. The molecule has 2 aromatic carbocycles. The van der Waals surface area contributed by atoms with E-state index >= 15 is 0 Å². The molecule has 0 aliphatic heterocycles. The molecule has 1 aliphatic rings. The van der Waals surface area contributed by atoms with Crippen LogP contribution in [0.5, 0.6) is 0 Å². The van der Waals surface area contributed by atoms with Gasteiger partial charge in [-0.25, -0.2) is 0 Å². The van der Waals surface area contributed by atoms with Crippen molar-refractivity contribution in [3.05, 3.63) is 70.8 Å². The number of rotatable bonds is 2. The Labute approximate surface area is 119 Å². The molecule has 1 aliphatic carbocycles. The van der Waals surface area contributed by atoms with Crippen LogP contribution in [0.4, 0.5) is 0 Å². The van der Waals surface area contributed by atoms with Crippen LogP contribution in [0.15, 0.2) is 53.5 Å². The molecular formula is C18H16N2. The first-order valence-electron chi connectivity index (χ1n) is 6.93. The average Bonchev–Trinajstić information content (AvgIpc) is 2.91. The van der Waals surface area contributed by atoms with Gasteiger partial charge in [-0.15, -0.1) is 0 Å². The maximum absolute atomic E-state index is 9.16. The Morgan fingerprint density at radius 1 is 1.05 bits per heavy atom. The Hall–Kier alpha value is -2.40. The van der Waals surface area contributed by atoms with E-state index in [1.807, 2.05) is 30.3 Å². The third-order valence-corrected chi connectivity index (χ3v) is 3.85. The normalized spacial score (nSPS) is 16.7. The highest BCUT2D eigenvalue weighted by Gasteiger charge is 2.21. The lowest BCUT2D eigenvalue weighted by Gasteiger charge is -2.09. The van der Waals surface area contributed by atoms with Gasteiger partial charge < -0.3 is 0 Å². The summed E-state index contributed by atoms with van der Waals surface area (Å²) in [5.41, 5.74) is 5.47. The number of aliphatic imine (C=N–C) groups is 1. The molecule has 0 unspecified atom stereocenters. The summed E-state index contributed by atoms with van der Waals surface area (Å²) in [6.07, 6.45) is 1.87. The quantitative estimate of drug-likeness (QED) is 0.802. The average molecular weight is 260 g/mol. The second-order valence-corrected chi connectivity index (χ2v) is 5.11. The van der Waals surface area contributed by atoms with Crippen molar-refractivity contribution in [2.45, 2.75) is 25.8 Å². The van der Waals surface area contributed by atoms with Crippen LogP contribution in [0.3, 0.4) is 0 Å². The van der Waals surface area contributed by atoms with Gasteiger partial charge in [0.2, 0.25) is 0 Å². The number of benzene rings is 2. The summed E-state index contributed by atoms with van der Waals surface area (Å²) in [6, 6.07) is 18.7. The summed E-state index contributed by atoms with van der Waals surface area (Å²) in [6.45, 7) is 2.12. The van der Waals surface area contributed by atoms with Crippen LogP contribution in [-0.2, 0) is 6.42 Å². The predicted molar refractivity (Wildman–Crippen MR) is 80.9 cm³/mol. The number of nitriles is 1. The summed E-state index contributed by atoms with van der Waals surface area (Å²) < 4.78 is 0. The topological polar surface area (TPSA) is 36.1 Å². The van der Waals surface area contributed by atoms with E-state index in [0.29, 0.717) is 0 Å². The van der Waals surface area contributed by atoms with Crippen molar-refractivity contribution in [3.8, 4) is 6.07 Å². The van der Waals surface area contributed by atoms with E-state index in [2.05, 4.69) is 31.2 Å². The van der Waals surface area contributed by atoms with Gasteiger partial charge in [0.05, 0.1) is 17.7 Å². The van der Waals surface area contributed by atoms with Gasteiger partial charge in [-0.05, 0) is 37.0 Å². The molecule has 0 fully saturated rings. The Morgan fingerprint density at radius 2 is 1.85 bits per heavy atom. The Balaban J connectivity index is 1.96. The van der Waals surface area contributed by atoms with Gasteiger partial charge in [0.1, 0.15) is 0 Å². The summed E-state index contributed by atoms with van der Waals surface area (Å²) in [5.74, 6) is 0. The lowest BCUT2D eigenvalue weighted by Crippen LogP contribution is -1.99. The number of hydrogen-bond donors (Lipinski definition) is 0. The molecule has 0 amide bonds. The summed E-state index contributed by atoms with van der Waals surface area (Å²) in [7, 11) is 0. The molecule has 0 saturated heterocycles. The van der Waals surface area contributed by atoms with Crippen LogP contribution in [0, 0.1) is 11.3 Å². The number of hydrogen-bond acceptors (Lipinski definition) is 2. The molecule has 0 bridgehead atoms. The van der Waals surface area contributed by atoms with E-state index in [1.54, 1.807) is 0 Å². The van der Waals surface area contributed by atoms with Gasteiger partial charge in [0.15, 0.2) is 0 Å². The molecule has 0 N–H and O–H groups in total. The smallest absolute Gasteiger partial charge is 0.0994 e. The van der Waals surface area contributed by atoms with Gasteiger partial charge in [0.25, 0.3) is 0 Å². The molecule has 2 aromatic rings. The maximum Gasteiger partial charge on any atom is 0.0994 e. The van der Waals surface area contributed by atoms with E-state index in [1.165, 1.54) is 5.56 Å². The van der Waals surface area contributed by atoms with Crippen LogP contribution in [0.2, 0.25) is 0 Å². The van der Waals surface area contributed by atoms with E-state index < -0.39 is 0 Å². The first-order chi connectivity index (χ1) is 9.79. The maximum atomic E-state index is 9.16. The van der Waals surface area contributed by atoms with Crippen LogP contribution in [0.1, 0.15) is 41.6 Å². The van der Waals surface area contributed by atoms with Crippen LogP contribution < -0.4 is 0 Å². The van der Waals surface area contributed by atoms with Crippen LogP contribution in [0.25, 0.3) is 0 Å². The predicted octanol–water partition coefficient (Wildman–Crippen LogP) is 4.05. The van der Waals surface area contributed by atoms with Crippen molar-refractivity contribution in [1.29, 1.82) is 5.26 Å². The molecular weight excluding hydrogens is 244 g/mol. The lowest BCUT2D eigenvalue weighted by molar-refractivity contribution is 0.816. The Kier molecular flexibility index (Phi) is 3.35. The molecule has 0 radical (unpaired) electrons. The minimum atomic E-state index is 0.155. The number of nitrogens with zero attached hydrogens (tertiary/aromatic N) is 2. The molecule has 0 aromatic heterocycles. The minimum Gasteiger partial charge on any atom is -0.281 e. The van der Waals surface area contributed by atoms with E-state index in [4.69, 9.17) is 10.3 Å². The van der Waals surface area contributed by atoms with Crippen molar-refractivity contribution in [3.63, 3.8) is 0 Å². The fourth-order valence-corrected chi connectivity index (χ4v) is 2.78. The zero-order chi connectivity index (χ0) is 13.9. The standard InChI is InChI=1S/C18H16N2/c1-13(14-6-3-2-4-7-14)20-18-11-10-16-15(12-19)8-5-9-17(16)18/h2-9,13H,10-11H2,1H3/t13-/m0/s1. The first kappa shape index (κ1) is 12.6. The first-order valence-corrected chi connectivity index (χ1v) is 6.93. The minimum absolute atomic E-state index is 0.155. The third-order valence-electron chi connectivity index (χ3n) is 3.85. The number of fused-ring (bicyclic) bond motifs is 1. The van der Waals surface area contributed by atoms with E-state index in [-0.39, 0.29) is 6.04 Å². The molecule has 2 nitrogen and oxygen atoms in total.